The molecule has 0 radical (unpaired) electrons. The molecule has 2 rings (SSSR count). The average molecular weight is 150 g/mol. The maximum Gasteiger partial charge on any atom is 0.126 e. The van der Waals surface area contributed by atoms with E-state index in [1.807, 2.05) is 19.1 Å². The zero-order valence-corrected chi connectivity index (χ0v) is 6.29. The summed E-state index contributed by atoms with van der Waals surface area (Å²) < 4.78 is 5.22. The molecule has 0 saturated carbocycles. The van der Waals surface area contributed by atoms with Gasteiger partial charge in [-0.15, -0.1) is 0 Å². The molecule has 0 saturated heterocycles. The zero-order chi connectivity index (χ0) is 7.68. The Bertz CT molecular complexity index is 264. The number of allylic oxidation sites excluding steroid dienone is 1. The molecule has 58 valence electrons. The van der Waals surface area contributed by atoms with Crippen LogP contribution in [0.3, 0.4) is 0 Å². The molecule has 0 bridgehead atoms. The lowest BCUT2D eigenvalue weighted by Crippen LogP contribution is -2.25. The molecule has 1 aromatic heterocycles. The second-order valence-corrected chi connectivity index (χ2v) is 2.61. The van der Waals surface area contributed by atoms with Crippen LogP contribution in [-0.4, -0.2) is 0 Å². The van der Waals surface area contributed by atoms with Crippen molar-refractivity contribution in [3.05, 3.63) is 35.9 Å². The zero-order valence-electron chi connectivity index (χ0n) is 6.29. The summed E-state index contributed by atoms with van der Waals surface area (Å²) in [5, 5.41) is 0. The van der Waals surface area contributed by atoms with Gasteiger partial charge >= 0.3 is 0 Å². The number of furan rings is 1. The molecule has 2 heterocycles. The fourth-order valence-corrected chi connectivity index (χ4v) is 1.15. The van der Waals surface area contributed by atoms with Gasteiger partial charge in [-0.2, -0.15) is 0 Å². The van der Waals surface area contributed by atoms with Gasteiger partial charge in [0.05, 0.1) is 6.26 Å². The van der Waals surface area contributed by atoms with Crippen molar-refractivity contribution in [2.75, 3.05) is 0 Å². The summed E-state index contributed by atoms with van der Waals surface area (Å²) in [7, 11) is 0. The van der Waals surface area contributed by atoms with E-state index in [0.29, 0.717) is 0 Å². The van der Waals surface area contributed by atoms with Gasteiger partial charge in [-0.05, 0) is 25.1 Å². The van der Waals surface area contributed by atoms with Gasteiger partial charge in [0.2, 0.25) is 0 Å². The van der Waals surface area contributed by atoms with Crippen LogP contribution in [0.15, 0.2) is 34.6 Å². The third-order valence-electron chi connectivity index (χ3n) is 1.69. The average Bonchev–Trinajstić information content (AvgIpc) is 2.55. The predicted molar refractivity (Wildman–Crippen MR) is 41.5 cm³/mol. The molecule has 1 aliphatic rings. The van der Waals surface area contributed by atoms with E-state index < -0.39 is 0 Å². The Hall–Kier alpha value is -1.22. The fourth-order valence-electron chi connectivity index (χ4n) is 1.15. The van der Waals surface area contributed by atoms with Crippen LogP contribution in [0.25, 0.3) is 0 Å². The van der Waals surface area contributed by atoms with E-state index in [1.54, 1.807) is 6.26 Å². The largest absolute Gasteiger partial charge is 0.467 e. The summed E-state index contributed by atoms with van der Waals surface area (Å²) in [6.45, 7) is 2.01. The van der Waals surface area contributed by atoms with Gasteiger partial charge in [0.1, 0.15) is 11.8 Å². The third-order valence-corrected chi connectivity index (χ3v) is 1.69. The summed E-state index contributed by atoms with van der Waals surface area (Å²) in [5.74, 6) is 0.939. The Labute approximate surface area is 65.1 Å². The van der Waals surface area contributed by atoms with E-state index >= 15 is 0 Å². The highest BCUT2D eigenvalue weighted by atomic mass is 16.3. The molecule has 0 amide bonds. The maximum absolute atomic E-state index is 5.22. The first kappa shape index (κ1) is 6.49. The van der Waals surface area contributed by atoms with Crippen molar-refractivity contribution < 1.29 is 4.42 Å². The first-order chi connectivity index (χ1) is 5.36. The van der Waals surface area contributed by atoms with Crippen molar-refractivity contribution in [1.29, 1.82) is 0 Å². The lowest BCUT2D eigenvalue weighted by molar-refractivity contribution is 0.451. The summed E-state index contributed by atoms with van der Waals surface area (Å²) in [5.41, 5.74) is 7.21. The Morgan fingerprint density at radius 3 is 3.00 bits per heavy atom. The van der Waals surface area contributed by atoms with Gasteiger partial charge in [0.15, 0.2) is 0 Å². The smallest absolute Gasteiger partial charge is 0.126 e. The monoisotopic (exact) mass is 150 g/mol. The number of hydrogen-bond donors (Lipinski definition) is 2. The molecule has 2 N–H and O–H groups in total. The second kappa shape index (κ2) is 2.43. The van der Waals surface area contributed by atoms with Crippen LogP contribution in [0.4, 0.5) is 0 Å². The Morgan fingerprint density at radius 1 is 1.55 bits per heavy atom. The van der Waals surface area contributed by atoms with Crippen LogP contribution in [0.2, 0.25) is 0 Å². The number of hydrogen-bond acceptors (Lipinski definition) is 3. The van der Waals surface area contributed by atoms with Crippen LogP contribution in [0, 0.1) is 0 Å². The van der Waals surface area contributed by atoms with Gasteiger partial charge in [-0.25, -0.2) is 5.43 Å². The van der Waals surface area contributed by atoms with Crippen LogP contribution < -0.4 is 10.9 Å². The molecule has 1 aliphatic heterocycles. The Morgan fingerprint density at radius 2 is 2.45 bits per heavy atom. The van der Waals surface area contributed by atoms with E-state index in [2.05, 4.69) is 16.9 Å². The van der Waals surface area contributed by atoms with Crippen LogP contribution in [-0.2, 0) is 0 Å². The van der Waals surface area contributed by atoms with E-state index in [1.165, 1.54) is 0 Å². The van der Waals surface area contributed by atoms with Crippen LogP contribution >= 0.6 is 0 Å². The highest BCUT2D eigenvalue weighted by Crippen LogP contribution is 2.18. The minimum atomic E-state index is 0.185. The third kappa shape index (κ3) is 1.14. The molecular weight excluding hydrogens is 140 g/mol. The van der Waals surface area contributed by atoms with Crippen molar-refractivity contribution in [1.82, 2.24) is 10.9 Å². The molecule has 11 heavy (non-hydrogen) atoms. The Kier molecular flexibility index (Phi) is 1.43. The van der Waals surface area contributed by atoms with Crippen molar-refractivity contribution >= 4 is 0 Å². The van der Waals surface area contributed by atoms with Crippen molar-refractivity contribution in [3.63, 3.8) is 0 Å². The lowest BCUT2D eigenvalue weighted by atomic mass is 10.2. The van der Waals surface area contributed by atoms with Crippen LogP contribution in [0.5, 0.6) is 0 Å². The maximum atomic E-state index is 5.22. The number of rotatable bonds is 1. The summed E-state index contributed by atoms with van der Waals surface area (Å²) >= 11 is 0. The molecule has 0 aromatic carbocycles. The molecular formula is C8H10N2O. The Balaban J connectivity index is 2.20. The van der Waals surface area contributed by atoms with Gasteiger partial charge < -0.3 is 9.84 Å². The molecule has 1 atom stereocenters. The molecule has 0 spiro atoms. The SMILES string of the molecule is CC1=CC(c2ccco2)NN1. The van der Waals surface area contributed by atoms with Crippen LogP contribution in [0.1, 0.15) is 18.7 Å². The number of hydrazine groups is 1. The van der Waals surface area contributed by atoms with Crippen molar-refractivity contribution in [2.45, 2.75) is 13.0 Å². The highest BCUT2D eigenvalue weighted by Gasteiger charge is 2.15. The van der Waals surface area contributed by atoms with Gasteiger partial charge in [0.25, 0.3) is 0 Å². The highest BCUT2D eigenvalue weighted by molar-refractivity contribution is 5.17. The molecule has 0 fully saturated rings. The van der Waals surface area contributed by atoms with E-state index in [0.717, 1.165) is 11.5 Å². The number of nitrogens with one attached hydrogen (secondary N) is 2. The van der Waals surface area contributed by atoms with Gasteiger partial charge in [-0.3, -0.25) is 0 Å². The van der Waals surface area contributed by atoms with E-state index in [4.69, 9.17) is 4.42 Å². The lowest BCUT2D eigenvalue weighted by Gasteiger charge is -2.03. The molecule has 1 aromatic rings. The topological polar surface area (TPSA) is 37.2 Å². The van der Waals surface area contributed by atoms with Gasteiger partial charge in [0, 0.05) is 5.70 Å². The molecule has 1 unspecified atom stereocenters. The standard InChI is InChI=1S/C8H10N2O/c1-6-5-7(10-9-6)8-3-2-4-11-8/h2-5,7,9-10H,1H3. The predicted octanol–water partition coefficient (Wildman–Crippen LogP) is 1.33. The normalized spacial score (nSPS) is 23.0. The quantitative estimate of drug-likeness (QED) is 0.634. The first-order valence-corrected chi connectivity index (χ1v) is 3.59. The summed E-state index contributed by atoms with van der Waals surface area (Å²) in [6, 6.07) is 4.03. The molecule has 0 aliphatic carbocycles. The molecule has 3 nitrogen and oxygen atoms in total. The first-order valence-electron chi connectivity index (χ1n) is 3.59. The summed E-state index contributed by atoms with van der Waals surface area (Å²) in [6.07, 6.45) is 3.76. The fraction of sp³-hybridized carbons (Fsp3) is 0.250. The van der Waals surface area contributed by atoms with Crippen molar-refractivity contribution in [3.8, 4) is 0 Å². The van der Waals surface area contributed by atoms with Gasteiger partial charge in [-0.1, -0.05) is 0 Å². The van der Waals surface area contributed by atoms with E-state index in [-0.39, 0.29) is 6.04 Å². The molecule has 3 heteroatoms. The minimum absolute atomic E-state index is 0.185. The minimum Gasteiger partial charge on any atom is -0.467 e. The summed E-state index contributed by atoms with van der Waals surface area (Å²) in [4.78, 5) is 0. The van der Waals surface area contributed by atoms with Crippen molar-refractivity contribution in [2.24, 2.45) is 0 Å². The second-order valence-electron chi connectivity index (χ2n) is 2.61. The van der Waals surface area contributed by atoms with E-state index in [9.17, 15) is 0 Å².